The van der Waals surface area contributed by atoms with Gasteiger partial charge in [-0.1, -0.05) is 0 Å². The van der Waals surface area contributed by atoms with Crippen LogP contribution >= 0.6 is 0 Å². The zero-order valence-electron chi connectivity index (χ0n) is 16.8. The van der Waals surface area contributed by atoms with Crippen molar-refractivity contribution in [2.45, 2.75) is 70.4 Å². The number of nitrogens with one attached hydrogen (secondary N) is 1. The molecule has 0 radical (unpaired) electrons. The highest BCUT2D eigenvalue weighted by atomic mass is 16.7. The molecule has 0 aromatic heterocycles. The van der Waals surface area contributed by atoms with Crippen LogP contribution in [-0.4, -0.2) is 88.0 Å². The minimum absolute atomic E-state index is 0.650. The van der Waals surface area contributed by atoms with Gasteiger partial charge in [0.05, 0.1) is 12.5 Å². The average Bonchev–Trinajstić information content (AvgIpc) is 2.58. The zero-order valence-corrected chi connectivity index (χ0v) is 16.8. The summed E-state index contributed by atoms with van der Waals surface area (Å²) >= 11 is 0. The maximum absolute atomic E-state index is 11.7. The predicted molar refractivity (Wildman–Crippen MR) is 93.4 cm³/mol. The number of aliphatic hydroxyl groups excluding tert-OH is 1. The molecule has 1 amide bonds. The van der Waals surface area contributed by atoms with Crippen LogP contribution in [0.15, 0.2) is 0 Å². The number of aliphatic carboxylic acids is 1. The first-order valence-electron chi connectivity index (χ1n) is 8.83. The second kappa shape index (κ2) is 10.3. The normalized spacial score (nSPS) is 27.9. The van der Waals surface area contributed by atoms with Crippen LogP contribution in [0.25, 0.3) is 0 Å². The number of hydrogen-bond donors (Lipinski definition) is 4. The Balaban J connectivity index is 3.43. The van der Waals surface area contributed by atoms with Crippen molar-refractivity contribution in [1.82, 2.24) is 5.32 Å². The molecule has 13 heteroatoms. The Morgan fingerprint density at radius 1 is 1.10 bits per heavy atom. The lowest BCUT2D eigenvalue weighted by Gasteiger charge is -2.46. The first-order valence-corrected chi connectivity index (χ1v) is 8.83. The van der Waals surface area contributed by atoms with Crippen molar-refractivity contribution in [2.75, 3.05) is 6.61 Å². The second-order valence-electron chi connectivity index (χ2n) is 6.69. The topological polar surface area (TPSA) is 195 Å². The summed E-state index contributed by atoms with van der Waals surface area (Å²) in [6.07, 6.45) is -7.36. The lowest BCUT2D eigenvalue weighted by atomic mass is 9.88. The molecular weight excluding hydrogens is 410 g/mol. The van der Waals surface area contributed by atoms with Gasteiger partial charge in [0.25, 0.3) is 5.79 Å². The van der Waals surface area contributed by atoms with Crippen molar-refractivity contribution in [3.8, 4) is 0 Å². The van der Waals surface area contributed by atoms with Gasteiger partial charge < -0.3 is 39.6 Å². The zero-order chi connectivity index (χ0) is 23.2. The van der Waals surface area contributed by atoms with E-state index >= 15 is 0 Å². The van der Waals surface area contributed by atoms with Crippen molar-refractivity contribution in [3.05, 3.63) is 0 Å². The molecule has 170 valence electrons. The van der Waals surface area contributed by atoms with Crippen molar-refractivity contribution in [2.24, 2.45) is 0 Å². The largest absolute Gasteiger partial charge is 0.477 e. The average molecular weight is 435 g/mol. The number of carbonyl (C=O) groups excluding carboxylic acids is 4. The van der Waals surface area contributed by atoms with Gasteiger partial charge in [0.2, 0.25) is 5.91 Å². The molecule has 4 N–H and O–H groups in total. The number of aliphatic hydroxyl groups is 2. The number of esters is 3. The van der Waals surface area contributed by atoms with Crippen LogP contribution < -0.4 is 5.32 Å². The summed E-state index contributed by atoms with van der Waals surface area (Å²) in [6.45, 7) is 3.49. The summed E-state index contributed by atoms with van der Waals surface area (Å²) in [5, 5.41) is 32.6. The molecule has 6 atom stereocenters. The summed E-state index contributed by atoms with van der Waals surface area (Å²) in [6, 6.07) is -1.33. The van der Waals surface area contributed by atoms with E-state index in [1.807, 2.05) is 0 Å². The SMILES string of the molecule is CC(=O)N[C@H]1[C@H]([C@H](OC(C)=O)[C@H](O)COC(C)=O)O[C@](O)(C(=O)O)C[C@@H]1OC(C)=O. The molecule has 0 unspecified atom stereocenters. The molecule has 1 saturated heterocycles. The number of carbonyl (C=O) groups is 5. The lowest BCUT2D eigenvalue weighted by Crippen LogP contribution is -2.68. The van der Waals surface area contributed by atoms with Gasteiger partial charge in [0.15, 0.2) is 6.10 Å². The molecule has 1 rings (SSSR count). The van der Waals surface area contributed by atoms with E-state index in [-0.39, 0.29) is 0 Å². The fourth-order valence-corrected chi connectivity index (χ4v) is 2.96. The van der Waals surface area contributed by atoms with Crippen molar-refractivity contribution in [1.29, 1.82) is 0 Å². The summed E-state index contributed by atoms with van der Waals surface area (Å²) < 4.78 is 20.0. The maximum atomic E-state index is 11.7. The van der Waals surface area contributed by atoms with Crippen LogP contribution in [0.5, 0.6) is 0 Å². The summed E-state index contributed by atoms with van der Waals surface area (Å²) in [7, 11) is 0. The molecule has 1 heterocycles. The number of carboxylic acid groups (broad SMARTS) is 1. The Bertz CT molecular complexity index is 694. The molecule has 30 heavy (non-hydrogen) atoms. The van der Waals surface area contributed by atoms with Crippen molar-refractivity contribution < 1.29 is 58.2 Å². The molecule has 1 aliphatic heterocycles. The third-order valence-corrected chi connectivity index (χ3v) is 4.05. The molecule has 0 aromatic carbocycles. The van der Waals surface area contributed by atoms with Crippen LogP contribution in [0.2, 0.25) is 0 Å². The molecule has 0 saturated carbocycles. The quantitative estimate of drug-likeness (QED) is 0.238. The Hall–Kier alpha value is -2.77. The Labute approximate surface area is 171 Å². The molecule has 13 nitrogen and oxygen atoms in total. The van der Waals surface area contributed by atoms with Gasteiger partial charge >= 0.3 is 23.9 Å². The lowest BCUT2D eigenvalue weighted by molar-refractivity contribution is -0.297. The van der Waals surface area contributed by atoms with Gasteiger partial charge in [0, 0.05) is 27.7 Å². The van der Waals surface area contributed by atoms with E-state index in [0.29, 0.717) is 0 Å². The number of amides is 1. The first kappa shape index (κ1) is 25.3. The van der Waals surface area contributed by atoms with E-state index in [2.05, 4.69) is 10.1 Å². The fraction of sp³-hybridized carbons (Fsp3) is 0.706. The van der Waals surface area contributed by atoms with Crippen LogP contribution in [0, 0.1) is 0 Å². The minimum atomic E-state index is -2.90. The van der Waals surface area contributed by atoms with Crippen LogP contribution in [0.4, 0.5) is 0 Å². The Morgan fingerprint density at radius 2 is 1.70 bits per heavy atom. The highest BCUT2D eigenvalue weighted by Gasteiger charge is 2.56. The predicted octanol–water partition coefficient (Wildman–Crippen LogP) is -2.16. The monoisotopic (exact) mass is 435 g/mol. The Kier molecular flexibility index (Phi) is 8.69. The van der Waals surface area contributed by atoms with Crippen molar-refractivity contribution >= 4 is 29.8 Å². The summed E-state index contributed by atoms with van der Waals surface area (Å²) in [5.41, 5.74) is 0. The van der Waals surface area contributed by atoms with Gasteiger partial charge in [-0.2, -0.15) is 0 Å². The van der Waals surface area contributed by atoms with Gasteiger partial charge in [-0.3, -0.25) is 19.2 Å². The standard InChI is InChI=1S/C17H25NO12/c1-7(19)18-13-12(28-9(3)21)5-17(26,16(24)25)30-15(13)14(29-10(4)22)11(23)6-27-8(2)20/h11-15,23,26H,5-6H2,1-4H3,(H,18,19)(H,24,25)/t11-,12+,13-,14-,15-,17+/m1/s1. The smallest absolute Gasteiger partial charge is 0.364 e. The number of hydrogen-bond acceptors (Lipinski definition) is 11. The van der Waals surface area contributed by atoms with Crippen LogP contribution in [0.3, 0.4) is 0 Å². The second-order valence-corrected chi connectivity index (χ2v) is 6.69. The van der Waals surface area contributed by atoms with Crippen molar-refractivity contribution in [3.63, 3.8) is 0 Å². The third-order valence-electron chi connectivity index (χ3n) is 4.05. The molecule has 0 aliphatic carbocycles. The highest BCUT2D eigenvalue weighted by Crippen LogP contribution is 2.33. The minimum Gasteiger partial charge on any atom is -0.477 e. The summed E-state index contributed by atoms with van der Waals surface area (Å²) in [5.74, 6) is -7.95. The van der Waals surface area contributed by atoms with Gasteiger partial charge in [-0.25, -0.2) is 4.79 Å². The third kappa shape index (κ3) is 6.93. The number of ether oxygens (including phenoxy) is 4. The van der Waals surface area contributed by atoms with E-state index in [9.17, 15) is 39.3 Å². The molecule has 0 bridgehead atoms. The maximum Gasteiger partial charge on any atom is 0.364 e. The van der Waals surface area contributed by atoms with E-state index in [1.165, 1.54) is 0 Å². The molecule has 1 aliphatic rings. The first-order chi connectivity index (χ1) is 13.8. The van der Waals surface area contributed by atoms with E-state index in [1.54, 1.807) is 0 Å². The highest BCUT2D eigenvalue weighted by molar-refractivity contribution is 5.76. The molecule has 0 aromatic rings. The fourth-order valence-electron chi connectivity index (χ4n) is 2.96. The molecule has 1 fully saturated rings. The van der Waals surface area contributed by atoms with E-state index in [4.69, 9.17) is 14.2 Å². The van der Waals surface area contributed by atoms with Crippen LogP contribution in [-0.2, 0) is 42.9 Å². The van der Waals surface area contributed by atoms with Gasteiger partial charge in [-0.15, -0.1) is 0 Å². The summed E-state index contributed by atoms with van der Waals surface area (Å²) in [4.78, 5) is 57.4. The van der Waals surface area contributed by atoms with Crippen LogP contribution in [0.1, 0.15) is 34.1 Å². The Morgan fingerprint density at radius 3 is 2.13 bits per heavy atom. The molecular formula is C17H25NO12. The van der Waals surface area contributed by atoms with E-state index in [0.717, 1.165) is 27.7 Å². The van der Waals surface area contributed by atoms with Gasteiger partial charge in [-0.05, 0) is 0 Å². The van der Waals surface area contributed by atoms with E-state index < -0.39 is 79.1 Å². The number of rotatable bonds is 8. The number of carboxylic acids is 1. The van der Waals surface area contributed by atoms with Gasteiger partial charge in [0.1, 0.15) is 24.9 Å². The molecule has 0 spiro atoms.